The molecule has 0 amide bonds. The highest BCUT2D eigenvalue weighted by molar-refractivity contribution is 6.04. The minimum absolute atomic E-state index is 0.316. The largest absolute Gasteiger partial charge is 0.573 e. The summed E-state index contributed by atoms with van der Waals surface area (Å²) in [4.78, 5) is 15.5. The highest BCUT2D eigenvalue weighted by Crippen LogP contribution is 2.33. The van der Waals surface area contributed by atoms with Gasteiger partial charge in [0, 0.05) is 30.4 Å². The van der Waals surface area contributed by atoms with Gasteiger partial charge in [-0.2, -0.15) is 0 Å². The molecule has 7 heteroatoms. The zero-order valence-electron chi connectivity index (χ0n) is 12.0. The Morgan fingerprint density at radius 2 is 2.04 bits per heavy atom. The highest BCUT2D eigenvalue weighted by Gasteiger charge is 2.31. The molecular formula is C16H11F3N2O2. The van der Waals surface area contributed by atoms with Crippen LogP contribution in [0.2, 0.25) is 0 Å². The molecule has 23 heavy (non-hydrogen) atoms. The maximum absolute atomic E-state index is 12.4. The van der Waals surface area contributed by atoms with E-state index in [1.54, 1.807) is 36.1 Å². The van der Waals surface area contributed by atoms with Crippen molar-refractivity contribution >= 4 is 17.3 Å². The van der Waals surface area contributed by atoms with Crippen LogP contribution in [-0.4, -0.2) is 22.2 Å². The highest BCUT2D eigenvalue weighted by atomic mass is 19.4. The van der Waals surface area contributed by atoms with E-state index in [-0.39, 0.29) is 5.75 Å². The molecular weight excluding hydrogens is 309 g/mol. The van der Waals surface area contributed by atoms with Gasteiger partial charge in [-0.3, -0.25) is 4.79 Å². The maximum Gasteiger partial charge on any atom is 0.573 e. The first-order chi connectivity index (χ1) is 10.9. The molecule has 2 heterocycles. The summed E-state index contributed by atoms with van der Waals surface area (Å²) in [5.74, 6) is -0.316. The normalized spacial score (nSPS) is 11.7. The third-order valence-electron chi connectivity index (χ3n) is 3.39. The lowest BCUT2D eigenvalue weighted by atomic mass is 10.0. The summed E-state index contributed by atoms with van der Waals surface area (Å²) in [6.07, 6.45) is -0.885. The summed E-state index contributed by atoms with van der Waals surface area (Å²) < 4.78 is 42.7. The Hall–Kier alpha value is -2.83. The fourth-order valence-corrected chi connectivity index (χ4v) is 2.53. The first kappa shape index (κ1) is 15.1. The molecule has 0 saturated carbocycles. The number of alkyl halides is 3. The lowest BCUT2D eigenvalue weighted by Gasteiger charge is -2.11. The zero-order valence-corrected chi connectivity index (χ0v) is 12.0. The number of fused-ring (bicyclic) bond motifs is 1. The Balaban J connectivity index is 2.17. The van der Waals surface area contributed by atoms with Crippen molar-refractivity contribution in [2.75, 3.05) is 0 Å². The molecule has 0 aliphatic heterocycles. The van der Waals surface area contributed by atoms with Crippen molar-refractivity contribution in [1.29, 1.82) is 0 Å². The number of carbonyl (C=O) groups excluding carboxylic acids is 1. The van der Waals surface area contributed by atoms with Crippen molar-refractivity contribution < 1.29 is 22.7 Å². The van der Waals surface area contributed by atoms with Gasteiger partial charge in [-0.1, -0.05) is 12.1 Å². The molecule has 4 nitrogen and oxygen atoms in total. The third-order valence-corrected chi connectivity index (χ3v) is 3.39. The predicted octanol–water partition coefficient (Wildman–Crippen LogP) is 3.95. The van der Waals surface area contributed by atoms with E-state index < -0.39 is 6.36 Å². The SMILES string of the molecule is Cn1cc(C=O)c2c(-c3cccc(OC(F)(F)F)c3)ccnc21. The van der Waals surface area contributed by atoms with Crippen LogP contribution in [0.15, 0.2) is 42.7 Å². The number of ether oxygens (including phenoxy) is 1. The number of hydrogen-bond acceptors (Lipinski definition) is 3. The number of pyridine rings is 1. The van der Waals surface area contributed by atoms with Gasteiger partial charge in [0.1, 0.15) is 11.4 Å². The summed E-state index contributed by atoms with van der Waals surface area (Å²) in [6.45, 7) is 0. The zero-order chi connectivity index (χ0) is 16.6. The lowest BCUT2D eigenvalue weighted by molar-refractivity contribution is -0.274. The third kappa shape index (κ3) is 2.90. The molecule has 0 N–H and O–H groups in total. The van der Waals surface area contributed by atoms with Gasteiger partial charge < -0.3 is 9.30 Å². The van der Waals surface area contributed by atoms with E-state index in [0.717, 1.165) is 0 Å². The Bertz CT molecular complexity index is 885. The van der Waals surface area contributed by atoms with Crippen molar-refractivity contribution in [2.45, 2.75) is 6.36 Å². The molecule has 3 rings (SSSR count). The van der Waals surface area contributed by atoms with Crippen LogP contribution < -0.4 is 4.74 Å². The van der Waals surface area contributed by atoms with Gasteiger partial charge in [0.2, 0.25) is 0 Å². The van der Waals surface area contributed by atoms with Gasteiger partial charge in [0.15, 0.2) is 6.29 Å². The molecule has 0 aliphatic carbocycles. The predicted molar refractivity (Wildman–Crippen MR) is 78.2 cm³/mol. The van der Waals surface area contributed by atoms with Gasteiger partial charge in [-0.25, -0.2) is 4.98 Å². The van der Waals surface area contributed by atoms with Crippen LogP contribution >= 0.6 is 0 Å². The van der Waals surface area contributed by atoms with Crippen molar-refractivity contribution in [3.05, 3.63) is 48.3 Å². The fourth-order valence-electron chi connectivity index (χ4n) is 2.53. The molecule has 0 radical (unpaired) electrons. The average Bonchev–Trinajstić information content (AvgIpc) is 2.82. The molecule has 0 fully saturated rings. The number of aryl methyl sites for hydroxylation is 1. The number of carbonyl (C=O) groups is 1. The molecule has 0 atom stereocenters. The molecule has 0 unspecified atom stereocenters. The van der Waals surface area contributed by atoms with Crippen LogP contribution in [-0.2, 0) is 7.05 Å². The van der Waals surface area contributed by atoms with Crippen molar-refractivity contribution in [3.63, 3.8) is 0 Å². The first-order valence-corrected chi connectivity index (χ1v) is 6.64. The van der Waals surface area contributed by atoms with Crippen molar-refractivity contribution in [2.24, 2.45) is 7.05 Å². The number of rotatable bonds is 3. The van der Waals surface area contributed by atoms with E-state index in [4.69, 9.17) is 0 Å². The van der Waals surface area contributed by atoms with Gasteiger partial charge in [0.25, 0.3) is 0 Å². The van der Waals surface area contributed by atoms with E-state index in [0.29, 0.717) is 34.0 Å². The second-order valence-corrected chi connectivity index (χ2v) is 4.95. The Morgan fingerprint density at radius 3 is 2.74 bits per heavy atom. The van der Waals surface area contributed by atoms with Crippen molar-refractivity contribution in [3.8, 4) is 16.9 Å². The van der Waals surface area contributed by atoms with E-state index in [9.17, 15) is 18.0 Å². The smallest absolute Gasteiger partial charge is 0.406 e. The van der Waals surface area contributed by atoms with Gasteiger partial charge in [-0.05, 0) is 29.3 Å². The number of halogens is 3. The summed E-state index contributed by atoms with van der Waals surface area (Å²) in [7, 11) is 1.75. The minimum atomic E-state index is -4.76. The minimum Gasteiger partial charge on any atom is -0.406 e. The second kappa shape index (κ2) is 5.42. The summed E-state index contributed by atoms with van der Waals surface area (Å²) >= 11 is 0. The molecule has 0 bridgehead atoms. The topological polar surface area (TPSA) is 44.1 Å². The average molecular weight is 320 g/mol. The van der Waals surface area contributed by atoms with Crippen LogP contribution in [0, 0.1) is 0 Å². The fraction of sp³-hybridized carbons (Fsp3) is 0.125. The quantitative estimate of drug-likeness (QED) is 0.686. The first-order valence-electron chi connectivity index (χ1n) is 6.64. The van der Waals surface area contributed by atoms with E-state index >= 15 is 0 Å². The number of hydrogen-bond donors (Lipinski definition) is 0. The van der Waals surface area contributed by atoms with E-state index in [1.807, 2.05) is 0 Å². The molecule has 3 aromatic rings. The molecule has 0 saturated heterocycles. The number of nitrogens with zero attached hydrogens (tertiary/aromatic N) is 2. The number of aromatic nitrogens is 2. The molecule has 0 spiro atoms. The summed E-state index contributed by atoms with van der Waals surface area (Å²) in [5.41, 5.74) is 2.12. The molecule has 1 aromatic carbocycles. The van der Waals surface area contributed by atoms with Gasteiger partial charge in [-0.15, -0.1) is 13.2 Å². The van der Waals surface area contributed by atoms with Crippen LogP contribution in [0.3, 0.4) is 0 Å². The Labute approximate surface area is 129 Å². The maximum atomic E-state index is 12.4. The summed E-state index contributed by atoms with van der Waals surface area (Å²) in [5, 5.41) is 0.592. The van der Waals surface area contributed by atoms with Crippen molar-refractivity contribution in [1.82, 2.24) is 9.55 Å². The molecule has 118 valence electrons. The monoisotopic (exact) mass is 320 g/mol. The van der Waals surface area contributed by atoms with Crippen LogP contribution in [0.5, 0.6) is 5.75 Å². The van der Waals surface area contributed by atoms with Crippen LogP contribution in [0.4, 0.5) is 13.2 Å². The molecule has 2 aromatic heterocycles. The Morgan fingerprint density at radius 1 is 1.26 bits per heavy atom. The Kier molecular flexibility index (Phi) is 3.55. The van der Waals surface area contributed by atoms with E-state index in [1.165, 1.54) is 18.2 Å². The number of benzene rings is 1. The van der Waals surface area contributed by atoms with E-state index in [2.05, 4.69) is 9.72 Å². The lowest BCUT2D eigenvalue weighted by Crippen LogP contribution is -2.17. The van der Waals surface area contributed by atoms with Crippen LogP contribution in [0.25, 0.3) is 22.2 Å². The molecule has 0 aliphatic rings. The summed E-state index contributed by atoms with van der Waals surface area (Å²) in [6, 6.07) is 7.28. The van der Waals surface area contributed by atoms with Gasteiger partial charge in [0.05, 0.1) is 0 Å². The second-order valence-electron chi connectivity index (χ2n) is 4.95. The van der Waals surface area contributed by atoms with Crippen LogP contribution in [0.1, 0.15) is 10.4 Å². The standard InChI is InChI=1S/C16H11F3N2O2/c1-21-8-11(9-22)14-13(5-6-20-15(14)21)10-3-2-4-12(7-10)23-16(17,18)19/h2-9H,1H3. The number of aldehydes is 1. The van der Waals surface area contributed by atoms with Gasteiger partial charge >= 0.3 is 6.36 Å².